The lowest BCUT2D eigenvalue weighted by Crippen LogP contribution is -2.41. The summed E-state index contributed by atoms with van der Waals surface area (Å²) in [6.45, 7) is 8.58. The molecule has 0 spiro atoms. The fourth-order valence-corrected chi connectivity index (χ4v) is 0.984. The van der Waals surface area contributed by atoms with E-state index in [0.717, 1.165) is 26.0 Å². The number of likely N-dealkylation sites (N-methyl/N-ethyl adjacent to an activating group) is 1. The molecule has 0 saturated heterocycles. The molecule has 13 heavy (non-hydrogen) atoms. The summed E-state index contributed by atoms with van der Waals surface area (Å²) < 4.78 is 5.35. The van der Waals surface area contributed by atoms with Crippen LogP contribution in [0.4, 0.5) is 0 Å². The van der Waals surface area contributed by atoms with Gasteiger partial charge in [-0.1, -0.05) is 20.3 Å². The molecular formula is C10H23NO2. The van der Waals surface area contributed by atoms with Crippen molar-refractivity contribution in [3.05, 3.63) is 0 Å². The van der Waals surface area contributed by atoms with E-state index in [-0.39, 0.29) is 0 Å². The first-order valence-corrected chi connectivity index (χ1v) is 5.13. The van der Waals surface area contributed by atoms with E-state index in [4.69, 9.17) is 4.74 Å². The SMILES string of the molecule is CCCCOCC(C)(O)CNCC. The fourth-order valence-electron chi connectivity index (χ4n) is 0.984. The Bertz CT molecular complexity index is 115. The van der Waals surface area contributed by atoms with Gasteiger partial charge in [0.1, 0.15) is 0 Å². The second-order valence-electron chi connectivity index (χ2n) is 3.68. The molecule has 2 N–H and O–H groups in total. The van der Waals surface area contributed by atoms with Gasteiger partial charge in [-0.25, -0.2) is 0 Å². The van der Waals surface area contributed by atoms with Crippen LogP contribution >= 0.6 is 0 Å². The summed E-state index contributed by atoms with van der Waals surface area (Å²) in [5.41, 5.74) is -0.732. The number of unbranched alkanes of at least 4 members (excludes halogenated alkanes) is 1. The van der Waals surface area contributed by atoms with Gasteiger partial charge in [0.2, 0.25) is 0 Å². The molecule has 0 bridgehead atoms. The van der Waals surface area contributed by atoms with Crippen molar-refractivity contribution in [3.63, 3.8) is 0 Å². The van der Waals surface area contributed by atoms with Crippen LogP contribution < -0.4 is 5.32 Å². The second-order valence-corrected chi connectivity index (χ2v) is 3.68. The van der Waals surface area contributed by atoms with Crippen LogP contribution in [0.1, 0.15) is 33.6 Å². The van der Waals surface area contributed by atoms with Gasteiger partial charge in [-0.3, -0.25) is 0 Å². The zero-order valence-corrected chi connectivity index (χ0v) is 9.10. The molecule has 0 aromatic rings. The average Bonchev–Trinajstić information content (AvgIpc) is 2.09. The Balaban J connectivity index is 3.39. The zero-order valence-electron chi connectivity index (χ0n) is 9.10. The van der Waals surface area contributed by atoms with E-state index in [0.29, 0.717) is 13.2 Å². The van der Waals surface area contributed by atoms with E-state index in [1.807, 2.05) is 6.92 Å². The number of nitrogens with one attached hydrogen (secondary N) is 1. The number of rotatable bonds is 8. The van der Waals surface area contributed by atoms with Gasteiger partial charge in [-0.15, -0.1) is 0 Å². The Labute approximate surface area is 81.5 Å². The Morgan fingerprint density at radius 1 is 1.38 bits per heavy atom. The number of hydrogen-bond acceptors (Lipinski definition) is 3. The lowest BCUT2D eigenvalue weighted by atomic mass is 10.1. The van der Waals surface area contributed by atoms with Crippen LogP contribution in [-0.2, 0) is 4.74 Å². The molecule has 80 valence electrons. The standard InChI is InChI=1S/C10H23NO2/c1-4-6-7-13-9-10(3,12)8-11-5-2/h11-12H,4-9H2,1-3H3. The lowest BCUT2D eigenvalue weighted by molar-refractivity contribution is -0.0325. The van der Waals surface area contributed by atoms with Gasteiger partial charge < -0.3 is 15.2 Å². The molecule has 0 aromatic carbocycles. The van der Waals surface area contributed by atoms with Crippen molar-refractivity contribution in [3.8, 4) is 0 Å². The monoisotopic (exact) mass is 189 g/mol. The third kappa shape index (κ3) is 8.22. The highest BCUT2D eigenvalue weighted by atomic mass is 16.5. The molecule has 1 unspecified atom stereocenters. The lowest BCUT2D eigenvalue weighted by Gasteiger charge is -2.23. The van der Waals surface area contributed by atoms with E-state index in [9.17, 15) is 5.11 Å². The molecule has 0 aliphatic carbocycles. The Hall–Kier alpha value is -0.120. The first-order valence-electron chi connectivity index (χ1n) is 5.13. The molecule has 0 aliphatic heterocycles. The molecule has 3 nitrogen and oxygen atoms in total. The van der Waals surface area contributed by atoms with Crippen LogP contribution in [0, 0.1) is 0 Å². The van der Waals surface area contributed by atoms with Crippen LogP contribution in [0.5, 0.6) is 0 Å². The smallest absolute Gasteiger partial charge is 0.0975 e. The van der Waals surface area contributed by atoms with E-state index < -0.39 is 5.60 Å². The summed E-state index contributed by atoms with van der Waals surface area (Å²) in [7, 11) is 0. The average molecular weight is 189 g/mol. The molecule has 1 atom stereocenters. The first-order chi connectivity index (χ1) is 6.12. The first kappa shape index (κ1) is 12.9. The third-order valence-electron chi connectivity index (χ3n) is 1.81. The Morgan fingerprint density at radius 3 is 2.62 bits per heavy atom. The summed E-state index contributed by atoms with van der Waals surface area (Å²) in [4.78, 5) is 0. The molecule has 0 aromatic heterocycles. The molecular weight excluding hydrogens is 166 g/mol. The van der Waals surface area contributed by atoms with Crippen LogP contribution in [-0.4, -0.2) is 37.0 Å². The Kier molecular flexibility index (Phi) is 7.23. The summed E-state index contributed by atoms with van der Waals surface area (Å²) in [6.07, 6.45) is 2.20. The predicted molar refractivity (Wildman–Crippen MR) is 54.9 cm³/mol. The minimum atomic E-state index is -0.732. The van der Waals surface area contributed by atoms with Crippen molar-refractivity contribution in [1.29, 1.82) is 0 Å². The molecule has 0 radical (unpaired) electrons. The molecule has 0 aliphatic rings. The summed E-state index contributed by atoms with van der Waals surface area (Å²) in [5, 5.41) is 12.9. The topological polar surface area (TPSA) is 41.5 Å². The maximum absolute atomic E-state index is 9.76. The van der Waals surface area contributed by atoms with Crippen LogP contribution in [0.15, 0.2) is 0 Å². The summed E-state index contributed by atoms with van der Waals surface area (Å²) in [6, 6.07) is 0. The van der Waals surface area contributed by atoms with Gasteiger partial charge in [0.25, 0.3) is 0 Å². The maximum Gasteiger partial charge on any atom is 0.0975 e. The fraction of sp³-hybridized carbons (Fsp3) is 1.00. The van der Waals surface area contributed by atoms with Gasteiger partial charge in [0.05, 0.1) is 12.2 Å². The van der Waals surface area contributed by atoms with Crippen molar-refractivity contribution in [2.45, 2.75) is 39.2 Å². The second kappa shape index (κ2) is 7.30. The third-order valence-corrected chi connectivity index (χ3v) is 1.81. The largest absolute Gasteiger partial charge is 0.386 e. The summed E-state index contributed by atoms with van der Waals surface area (Å²) in [5.74, 6) is 0. The predicted octanol–water partition coefficient (Wildman–Crippen LogP) is 1.16. The van der Waals surface area contributed by atoms with Crippen LogP contribution in [0.3, 0.4) is 0 Å². The van der Waals surface area contributed by atoms with Crippen molar-refractivity contribution < 1.29 is 9.84 Å². The number of aliphatic hydroxyl groups is 1. The minimum Gasteiger partial charge on any atom is -0.386 e. The van der Waals surface area contributed by atoms with E-state index >= 15 is 0 Å². The van der Waals surface area contributed by atoms with Crippen molar-refractivity contribution in [2.75, 3.05) is 26.3 Å². The number of ether oxygens (including phenoxy) is 1. The molecule has 0 saturated carbocycles. The summed E-state index contributed by atoms with van der Waals surface area (Å²) >= 11 is 0. The van der Waals surface area contributed by atoms with E-state index in [1.54, 1.807) is 6.92 Å². The highest BCUT2D eigenvalue weighted by Crippen LogP contribution is 2.02. The van der Waals surface area contributed by atoms with E-state index in [2.05, 4.69) is 12.2 Å². The molecule has 0 heterocycles. The van der Waals surface area contributed by atoms with Gasteiger partial charge in [0.15, 0.2) is 0 Å². The number of hydrogen-bond donors (Lipinski definition) is 2. The highest BCUT2D eigenvalue weighted by molar-refractivity contribution is 4.74. The highest BCUT2D eigenvalue weighted by Gasteiger charge is 2.19. The zero-order chi connectivity index (χ0) is 10.2. The Morgan fingerprint density at radius 2 is 2.08 bits per heavy atom. The van der Waals surface area contributed by atoms with Gasteiger partial charge >= 0.3 is 0 Å². The molecule has 0 amide bonds. The van der Waals surface area contributed by atoms with Crippen LogP contribution in [0.2, 0.25) is 0 Å². The van der Waals surface area contributed by atoms with Gasteiger partial charge in [0, 0.05) is 13.2 Å². The quantitative estimate of drug-likeness (QED) is 0.563. The molecule has 0 fully saturated rings. The molecule has 0 rings (SSSR count). The van der Waals surface area contributed by atoms with Crippen molar-refractivity contribution in [2.24, 2.45) is 0 Å². The minimum absolute atomic E-state index is 0.417. The van der Waals surface area contributed by atoms with Gasteiger partial charge in [-0.2, -0.15) is 0 Å². The normalized spacial score (nSPS) is 15.7. The maximum atomic E-state index is 9.76. The molecule has 3 heteroatoms. The van der Waals surface area contributed by atoms with Gasteiger partial charge in [-0.05, 0) is 19.9 Å². The van der Waals surface area contributed by atoms with E-state index in [1.165, 1.54) is 0 Å². The van der Waals surface area contributed by atoms with Crippen molar-refractivity contribution in [1.82, 2.24) is 5.32 Å². The van der Waals surface area contributed by atoms with Crippen LogP contribution in [0.25, 0.3) is 0 Å². The van der Waals surface area contributed by atoms with Crippen molar-refractivity contribution >= 4 is 0 Å².